The molecule has 1 aliphatic rings. The van der Waals surface area contributed by atoms with Crippen LogP contribution in [0.5, 0.6) is 0 Å². The quantitative estimate of drug-likeness (QED) is 0.861. The highest BCUT2D eigenvalue weighted by molar-refractivity contribution is 8.01. The van der Waals surface area contributed by atoms with Crippen molar-refractivity contribution in [3.8, 4) is 0 Å². The monoisotopic (exact) mass is 291 g/mol. The Kier molecular flexibility index (Phi) is 3.79. The molecule has 1 aromatic carbocycles. The minimum Gasteiger partial charge on any atom is -0.352 e. The van der Waals surface area contributed by atoms with Crippen LogP contribution in [0.3, 0.4) is 0 Å². The van der Waals surface area contributed by atoms with Crippen LogP contribution in [0.25, 0.3) is 0 Å². The molecule has 0 unspecified atom stereocenters. The fourth-order valence-corrected chi connectivity index (χ4v) is 3.40. The van der Waals surface area contributed by atoms with Gasteiger partial charge in [-0.25, -0.2) is 0 Å². The largest absolute Gasteiger partial charge is 0.352 e. The number of rotatable bonds is 5. The molecule has 19 heavy (non-hydrogen) atoms. The van der Waals surface area contributed by atoms with Gasteiger partial charge in [-0.1, -0.05) is 53.4 Å². The van der Waals surface area contributed by atoms with Gasteiger partial charge in [0.2, 0.25) is 5.91 Å². The van der Waals surface area contributed by atoms with Crippen molar-refractivity contribution in [2.45, 2.75) is 28.5 Å². The molecule has 6 heteroatoms. The molecule has 1 atom stereocenters. The number of thioether (sulfide) groups is 1. The summed E-state index contributed by atoms with van der Waals surface area (Å²) in [6, 6.07) is 10.2. The minimum absolute atomic E-state index is 0.0638. The van der Waals surface area contributed by atoms with Crippen LogP contribution in [0.1, 0.15) is 23.7 Å². The molecular weight excluding hydrogens is 278 g/mol. The van der Waals surface area contributed by atoms with E-state index in [4.69, 9.17) is 0 Å². The summed E-state index contributed by atoms with van der Waals surface area (Å²) in [6.45, 7) is 0. The van der Waals surface area contributed by atoms with Gasteiger partial charge in [0, 0.05) is 6.04 Å². The Balaban J connectivity index is 1.79. The molecule has 2 aromatic rings. The van der Waals surface area contributed by atoms with Gasteiger partial charge in [-0.15, -0.1) is 10.2 Å². The van der Waals surface area contributed by atoms with Gasteiger partial charge in [-0.3, -0.25) is 4.79 Å². The number of nitrogens with zero attached hydrogens (tertiary/aromatic N) is 2. The predicted molar refractivity (Wildman–Crippen MR) is 76.1 cm³/mol. The smallest absolute Gasteiger partial charge is 0.238 e. The van der Waals surface area contributed by atoms with E-state index in [1.165, 1.54) is 23.1 Å². The van der Waals surface area contributed by atoms with E-state index in [-0.39, 0.29) is 11.2 Å². The van der Waals surface area contributed by atoms with E-state index in [2.05, 4.69) is 15.5 Å². The van der Waals surface area contributed by atoms with Crippen molar-refractivity contribution < 1.29 is 4.79 Å². The van der Waals surface area contributed by atoms with Gasteiger partial charge in [-0.2, -0.15) is 0 Å². The normalized spacial score (nSPS) is 16.0. The zero-order valence-corrected chi connectivity index (χ0v) is 11.8. The fourth-order valence-electron chi connectivity index (χ4n) is 1.72. The van der Waals surface area contributed by atoms with Crippen molar-refractivity contribution in [2.75, 3.05) is 0 Å². The van der Waals surface area contributed by atoms with Gasteiger partial charge in [0.1, 0.15) is 10.8 Å². The van der Waals surface area contributed by atoms with Gasteiger partial charge < -0.3 is 5.32 Å². The van der Waals surface area contributed by atoms with Crippen LogP contribution in [0.4, 0.5) is 0 Å². The molecular formula is C13H13N3OS2. The molecule has 98 valence electrons. The number of hydrogen-bond acceptors (Lipinski definition) is 5. The highest BCUT2D eigenvalue weighted by Crippen LogP contribution is 2.36. The van der Waals surface area contributed by atoms with E-state index < -0.39 is 0 Å². The number of amides is 1. The SMILES string of the molecule is O=C(NC1CC1)[C@@H](Sc1nncs1)c1ccccc1. The lowest BCUT2D eigenvalue weighted by Gasteiger charge is -2.15. The standard InChI is InChI=1S/C13H13N3OS2/c17-12(15-10-6-7-10)11(9-4-2-1-3-5-9)19-13-16-14-8-18-13/h1-5,8,10-11H,6-7H2,(H,15,17)/t11-/m0/s1. The maximum absolute atomic E-state index is 12.3. The van der Waals surface area contributed by atoms with Crippen LogP contribution in [0, 0.1) is 0 Å². The van der Waals surface area contributed by atoms with E-state index >= 15 is 0 Å². The Bertz CT molecular complexity index is 540. The van der Waals surface area contributed by atoms with Gasteiger partial charge in [0.15, 0.2) is 4.34 Å². The van der Waals surface area contributed by atoms with Gasteiger partial charge in [0.25, 0.3) is 0 Å². The topological polar surface area (TPSA) is 54.9 Å². The van der Waals surface area contributed by atoms with Crippen molar-refractivity contribution in [3.63, 3.8) is 0 Å². The Morgan fingerprint density at radius 3 is 2.79 bits per heavy atom. The molecule has 0 bridgehead atoms. The average Bonchev–Trinajstić information content (AvgIpc) is 3.10. The second-order valence-corrected chi connectivity index (χ2v) is 6.58. The van der Waals surface area contributed by atoms with E-state index in [0.717, 1.165) is 22.7 Å². The molecule has 4 nitrogen and oxygen atoms in total. The molecule has 1 amide bonds. The Hall–Kier alpha value is -1.40. The Morgan fingerprint density at radius 1 is 1.37 bits per heavy atom. The first kappa shape index (κ1) is 12.6. The summed E-state index contributed by atoms with van der Waals surface area (Å²) >= 11 is 2.92. The molecule has 1 N–H and O–H groups in total. The van der Waals surface area contributed by atoms with Crippen molar-refractivity contribution in [1.82, 2.24) is 15.5 Å². The third kappa shape index (κ3) is 3.33. The Morgan fingerprint density at radius 2 is 2.16 bits per heavy atom. The lowest BCUT2D eigenvalue weighted by molar-refractivity contribution is -0.120. The van der Waals surface area contributed by atoms with Crippen molar-refractivity contribution in [1.29, 1.82) is 0 Å². The molecule has 0 aliphatic heterocycles. The third-order valence-corrected chi connectivity index (χ3v) is 4.89. The first-order chi connectivity index (χ1) is 9.33. The zero-order valence-electron chi connectivity index (χ0n) is 10.2. The summed E-state index contributed by atoms with van der Waals surface area (Å²) in [5, 5.41) is 10.6. The lowest BCUT2D eigenvalue weighted by Crippen LogP contribution is -2.29. The van der Waals surface area contributed by atoms with Crippen LogP contribution in [0.15, 0.2) is 40.2 Å². The average molecular weight is 291 g/mol. The second kappa shape index (κ2) is 5.71. The summed E-state index contributed by atoms with van der Waals surface area (Å²) in [4.78, 5) is 12.3. The summed E-state index contributed by atoms with van der Waals surface area (Å²) in [5.74, 6) is 0.0638. The molecule has 1 aromatic heterocycles. The summed E-state index contributed by atoms with van der Waals surface area (Å²) in [5.41, 5.74) is 2.68. The summed E-state index contributed by atoms with van der Waals surface area (Å²) < 4.78 is 0.819. The van der Waals surface area contributed by atoms with Crippen molar-refractivity contribution >= 4 is 29.0 Å². The van der Waals surface area contributed by atoms with Gasteiger partial charge in [0.05, 0.1) is 0 Å². The number of hydrogen-bond donors (Lipinski definition) is 1. The minimum atomic E-state index is -0.255. The maximum Gasteiger partial charge on any atom is 0.238 e. The fraction of sp³-hybridized carbons (Fsp3) is 0.308. The lowest BCUT2D eigenvalue weighted by atomic mass is 10.1. The van der Waals surface area contributed by atoms with Crippen LogP contribution in [0.2, 0.25) is 0 Å². The van der Waals surface area contributed by atoms with E-state index in [9.17, 15) is 4.79 Å². The molecule has 1 aliphatic carbocycles. The highest BCUT2D eigenvalue weighted by Gasteiger charge is 2.29. The molecule has 1 fully saturated rings. The van der Waals surface area contributed by atoms with E-state index in [1.807, 2.05) is 30.3 Å². The molecule has 1 saturated carbocycles. The number of carbonyl (C=O) groups is 1. The van der Waals surface area contributed by atoms with E-state index in [1.54, 1.807) is 5.51 Å². The van der Waals surface area contributed by atoms with Crippen LogP contribution >= 0.6 is 23.1 Å². The summed E-state index contributed by atoms with van der Waals surface area (Å²) in [6.07, 6.45) is 2.19. The first-order valence-corrected chi connectivity index (χ1v) is 7.87. The second-order valence-electron chi connectivity index (χ2n) is 4.40. The highest BCUT2D eigenvalue weighted by atomic mass is 32.2. The molecule has 0 radical (unpaired) electrons. The molecule has 0 spiro atoms. The zero-order chi connectivity index (χ0) is 13.1. The van der Waals surface area contributed by atoms with Crippen molar-refractivity contribution in [2.24, 2.45) is 0 Å². The number of carbonyl (C=O) groups excluding carboxylic acids is 1. The van der Waals surface area contributed by atoms with Crippen LogP contribution in [-0.4, -0.2) is 22.1 Å². The van der Waals surface area contributed by atoms with Gasteiger partial charge in [-0.05, 0) is 18.4 Å². The molecule has 3 rings (SSSR count). The first-order valence-electron chi connectivity index (χ1n) is 6.11. The van der Waals surface area contributed by atoms with Gasteiger partial charge >= 0.3 is 0 Å². The predicted octanol–water partition coefficient (Wildman–Crippen LogP) is 2.65. The van der Waals surface area contributed by atoms with Crippen LogP contribution < -0.4 is 5.32 Å². The number of aromatic nitrogens is 2. The molecule has 0 saturated heterocycles. The van der Waals surface area contributed by atoms with Crippen LogP contribution in [-0.2, 0) is 4.79 Å². The number of benzene rings is 1. The molecule has 1 heterocycles. The maximum atomic E-state index is 12.3. The van der Waals surface area contributed by atoms with Crippen molar-refractivity contribution in [3.05, 3.63) is 41.4 Å². The summed E-state index contributed by atoms with van der Waals surface area (Å²) in [7, 11) is 0. The Labute approximate surface area is 119 Å². The number of nitrogens with one attached hydrogen (secondary N) is 1. The third-order valence-electron chi connectivity index (χ3n) is 2.82. The van der Waals surface area contributed by atoms with E-state index in [0.29, 0.717) is 6.04 Å².